The molecular formula is C8H15NO. The lowest BCUT2D eigenvalue weighted by atomic mass is 9.68. The zero-order valence-electron chi connectivity index (χ0n) is 7.12. The van der Waals surface area contributed by atoms with Crippen molar-refractivity contribution in [3.8, 4) is 0 Å². The molecule has 0 saturated carbocycles. The first-order chi connectivity index (χ1) is 4.35. The highest BCUT2D eigenvalue weighted by Crippen LogP contribution is 2.37. The van der Waals surface area contributed by atoms with E-state index in [1.165, 1.54) is 0 Å². The van der Waals surface area contributed by atoms with Crippen molar-refractivity contribution in [3.05, 3.63) is 0 Å². The van der Waals surface area contributed by atoms with E-state index in [1.54, 1.807) is 0 Å². The van der Waals surface area contributed by atoms with Crippen LogP contribution >= 0.6 is 0 Å². The van der Waals surface area contributed by atoms with E-state index in [9.17, 15) is 4.79 Å². The van der Waals surface area contributed by atoms with E-state index in [0.29, 0.717) is 6.42 Å². The summed E-state index contributed by atoms with van der Waals surface area (Å²) in [5.74, 6) is 0.178. The van der Waals surface area contributed by atoms with Crippen molar-refractivity contribution >= 4 is 5.91 Å². The molecule has 1 amide bonds. The molecule has 1 aliphatic rings. The van der Waals surface area contributed by atoms with Gasteiger partial charge in [0.25, 0.3) is 0 Å². The molecule has 1 heterocycles. The van der Waals surface area contributed by atoms with Gasteiger partial charge in [-0.15, -0.1) is 0 Å². The first-order valence-corrected chi connectivity index (χ1v) is 3.66. The van der Waals surface area contributed by atoms with Gasteiger partial charge in [-0.2, -0.15) is 0 Å². The zero-order chi connectivity index (χ0) is 7.99. The number of carbonyl (C=O) groups is 1. The maximum Gasteiger partial charge on any atom is 0.222 e. The molecule has 0 aliphatic carbocycles. The molecule has 1 atom stereocenters. The second kappa shape index (κ2) is 1.74. The largest absolute Gasteiger partial charge is 0.350 e. The summed E-state index contributed by atoms with van der Waals surface area (Å²) >= 11 is 0. The molecule has 2 nitrogen and oxygen atoms in total. The molecule has 0 aromatic rings. The van der Waals surface area contributed by atoms with Crippen molar-refractivity contribution < 1.29 is 4.79 Å². The Morgan fingerprint density at radius 1 is 1.50 bits per heavy atom. The third kappa shape index (κ3) is 0.917. The number of rotatable bonds is 0. The molecule has 1 saturated heterocycles. The fourth-order valence-corrected chi connectivity index (χ4v) is 1.06. The summed E-state index contributed by atoms with van der Waals surface area (Å²) in [6, 6.07) is 0. The van der Waals surface area contributed by atoms with Crippen LogP contribution in [0.5, 0.6) is 0 Å². The van der Waals surface area contributed by atoms with Crippen LogP contribution in [0.3, 0.4) is 0 Å². The molecule has 0 aromatic heterocycles. The molecule has 2 heteroatoms. The Hall–Kier alpha value is -0.530. The van der Waals surface area contributed by atoms with Gasteiger partial charge in [-0.3, -0.25) is 4.79 Å². The lowest BCUT2D eigenvalue weighted by Gasteiger charge is -2.49. The molecule has 0 aromatic carbocycles. The summed E-state index contributed by atoms with van der Waals surface area (Å²) in [7, 11) is 0. The molecule has 0 radical (unpaired) electrons. The van der Waals surface area contributed by atoms with Gasteiger partial charge in [0.15, 0.2) is 0 Å². The van der Waals surface area contributed by atoms with Crippen LogP contribution in [0.4, 0.5) is 0 Å². The second-order valence-corrected chi connectivity index (χ2v) is 4.31. The lowest BCUT2D eigenvalue weighted by Crippen LogP contribution is -2.65. The van der Waals surface area contributed by atoms with Crippen molar-refractivity contribution in [2.75, 3.05) is 0 Å². The van der Waals surface area contributed by atoms with E-state index in [4.69, 9.17) is 0 Å². The monoisotopic (exact) mass is 141 g/mol. The SMILES string of the molecule is CC(C)(C)C1(C)CC(=O)N1. The molecule has 1 rings (SSSR count). The van der Waals surface area contributed by atoms with Gasteiger partial charge in [0.2, 0.25) is 5.91 Å². The van der Waals surface area contributed by atoms with Crippen molar-refractivity contribution in [3.63, 3.8) is 0 Å². The third-order valence-electron chi connectivity index (χ3n) is 2.58. The summed E-state index contributed by atoms with van der Waals surface area (Å²) in [6.45, 7) is 8.53. The van der Waals surface area contributed by atoms with Gasteiger partial charge in [0.05, 0.1) is 5.54 Å². The van der Waals surface area contributed by atoms with Gasteiger partial charge in [-0.05, 0) is 12.3 Å². The predicted molar refractivity (Wildman–Crippen MR) is 40.6 cm³/mol. The van der Waals surface area contributed by atoms with Crippen LogP contribution in [0, 0.1) is 5.41 Å². The minimum atomic E-state index is 0.0318. The Morgan fingerprint density at radius 3 is 2.00 bits per heavy atom. The van der Waals surface area contributed by atoms with E-state index < -0.39 is 0 Å². The average Bonchev–Trinajstić information content (AvgIpc) is 1.58. The number of β-lactam (4-membered cyclic amide) rings is 1. The number of amides is 1. The maximum atomic E-state index is 10.7. The highest BCUT2D eigenvalue weighted by molar-refractivity contribution is 5.84. The molecule has 0 spiro atoms. The summed E-state index contributed by atoms with van der Waals surface area (Å²) in [4.78, 5) is 10.7. The Labute approximate surface area is 62.0 Å². The van der Waals surface area contributed by atoms with E-state index in [-0.39, 0.29) is 16.9 Å². The van der Waals surface area contributed by atoms with Crippen LogP contribution in [-0.2, 0) is 4.79 Å². The minimum Gasteiger partial charge on any atom is -0.350 e. The quantitative estimate of drug-likeness (QED) is 0.506. The molecule has 10 heavy (non-hydrogen) atoms. The van der Waals surface area contributed by atoms with Crippen LogP contribution in [-0.4, -0.2) is 11.4 Å². The molecule has 0 bridgehead atoms. The Morgan fingerprint density at radius 2 is 1.90 bits per heavy atom. The van der Waals surface area contributed by atoms with Gasteiger partial charge < -0.3 is 5.32 Å². The van der Waals surface area contributed by atoms with Gasteiger partial charge in [0.1, 0.15) is 0 Å². The smallest absolute Gasteiger partial charge is 0.222 e. The third-order valence-corrected chi connectivity index (χ3v) is 2.58. The van der Waals surface area contributed by atoms with Crippen LogP contribution in [0.15, 0.2) is 0 Å². The van der Waals surface area contributed by atoms with Gasteiger partial charge in [-0.1, -0.05) is 20.8 Å². The average molecular weight is 141 g/mol. The van der Waals surface area contributed by atoms with Crippen LogP contribution in [0.1, 0.15) is 34.1 Å². The summed E-state index contributed by atoms with van der Waals surface area (Å²) in [5, 5.41) is 2.92. The molecule has 58 valence electrons. The van der Waals surface area contributed by atoms with Gasteiger partial charge >= 0.3 is 0 Å². The molecule has 1 aliphatic heterocycles. The highest BCUT2D eigenvalue weighted by atomic mass is 16.2. The van der Waals surface area contributed by atoms with E-state index in [2.05, 4.69) is 33.0 Å². The number of carbonyl (C=O) groups excluding carboxylic acids is 1. The summed E-state index contributed by atoms with van der Waals surface area (Å²) in [6.07, 6.45) is 0.677. The van der Waals surface area contributed by atoms with Crippen LogP contribution < -0.4 is 5.32 Å². The number of nitrogens with one attached hydrogen (secondary N) is 1. The molecular weight excluding hydrogens is 126 g/mol. The van der Waals surface area contributed by atoms with Crippen molar-refractivity contribution in [1.29, 1.82) is 0 Å². The van der Waals surface area contributed by atoms with Crippen LogP contribution in [0.2, 0.25) is 0 Å². The topological polar surface area (TPSA) is 29.1 Å². The van der Waals surface area contributed by atoms with Crippen LogP contribution in [0.25, 0.3) is 0 Å². The molecule has 1 fully saturated rings. The zero-order valence-corrected chi connectivity index (χ0v) is 7.12. The van der Waals surface area contributed by atoms with E-state index in [1.807, 2.05) is 0 Å². The minimum absolute atomic E-state index is 0.0318. The van der Waals surface area contributed by atoms with Crippen molar-refractivity contribution in [2.24, 2.45) is 5.41 Å². The number of hydrogen-bond acceptors (Lipinski definition) is 1. The molecule has 1 N–H and O–H groups in total. The summed E-state index contributed by atoms with van der Waals surface area (Å²) < 4.78 is 0. The van der Waals surface area contributed by atoms with E-state index >= 15 is 0 Å². The second-order valence-electron chi connectivity index (χ2n) is 4.31. The van der Waals surface area contributed by atoms with Gasteiger partial charge in [0, 0.05) is 6.42 Å². The maximum absolute atomic E-state index is 10.7. The Bertz CT molecular complexity index is 159. The molecule has 1 unspecified atom stereocenters. The fourth-order valence-electron chi connectivity index (χ4n) is 1.06. The fraction of sp³-hybridized carbons (Fsp3) is 0.875. The Balaban J connectivity index is 2.65. The Kier molecular flexibility index (Phi) is 1.32. The van der Waals surface area contributed by atoms with E-state index in [0.717, 1.165) is 0 Å². The summed E-state index contributed by atoms with van der Waals surface area (Å²) in [5.41, 5.74) is 0.213. The highest BCUT2D eigenvalue weighted by Gasteiger charge is 2.47. The first kappa shape index (κ1) is 7.58. The van der Waals surface area contributed by atoms with Crippen molar-refractivity contribution in [2.45, 2.75) is 39.7 Å². The predicted octanol–water partition coefficient (Wildman–Crippen LogP) is 1.31. The standard InChI is InChI=1S/C8H15NO/c1-7(2,3)8(4)5-6(10)9-8/h5H2,1-4H3,(H,9,10). The first-order valence-electron chi connectivity index (χ1n) is 3.66. The lowest BCUT2D eigenvalue weighted by molar-refractivity contribution is -0.136. The number of hydrogen-bond donors (Lipinski definition) is 1. The normalized spacial score (nSPS) is 33.0. The van der Waals surface area contributed by atoms with Crippen molar-refractivity contribution in [1.82, 2.24) is 5.32 Å². The van der Waals surface area contributed by atoms with Gasteiger partial charge in [-0.25, -0.2) is 0 Å².